The monoisotopic (exact) mass is 329 g/mol. The first kappa shape index (κ1) is 18.7. The Morgan fingerprint density at radius 2 is 1.59 bits per heavy atom. The molecule has 0 amide bonds. The summed E-state index contributed by atoms with van der Waals surface area (Å²) >= 11 is 0. The van der Waals surface area contributed by atoms with Gasteiger partial charge >= 0.3 is 29.6 Å². The molecule has 0 saturated carbocycles. The van der Waals surface area contributed by atoms with Crippen LogP contribution in [0.25, 0.3) is 0 Å². The number of hydrazone groups is 1. The maximum absolute atomic E-state index is 10.9. The first-order valence-electron chi connectivity index (χ1n) is 6.03. The Labute approximate surface area is 150 Å². The van der Waals surface area contributed by atoms with Crippen molar-refractivity contribution < 1.29 is 47.6 Å². The van der Waals surface area contributed by atoms with Crippen LogP contribution in [0.5, 0.6) is 5.75 Å². The molecular weight excluding hydrogens is 315 g/mol. The second kappa shape index (κ2) is 7.75. The second-order valence-electron chi connectivity index (χ2n) is 4.36. The van der Waals surface area contributed by atoms with Gasteiger partial charge in [-0.2, -0.15) is 13.5 Å². The summed E-state index contributed by atoms with van der Waals surface area (Å²) in [5.41, 5.74) is 4.91. The molecule has 110 valence electrons. The van der Waals surface area contributed by atoms with E-state index in [1.54, 1.807) is 31.2 Å². The third-order valence-corrected chi connectivity index (χ3v) is 3.66. The predicted molar refractivity (Wildman–Crippen MR) is 80.2 cm³/mol. The molecule has 8 heteroatoms. The number of nitrogens with zero attached hydrogens (tertiary/aromatic N) is 1. The Balaban J connectivity index is 0.00000242. The molecule has 3 N–H and O–H groups in total. The van der Waals surface area contributed by atoms with Crippen molar-refractivity contribution in [2.24, 2.45) is 5.10 Å². The third kappa shape index (κ3) is 5.11. The number of phenolic OH excluding ortho intramolecular Hbond substituents is 1. The quantitative estimate of drug-likeness (QED) is 0.303. The third-order valence-electron chi connectivity index (χ3n) is 2.79. The maximum Gasteiger partial charge on any atom is 1.00 e. The Morgan fingerprint density at radius 1 is 1.05 bits per heavy atom. The summed E-state index contributed by atoms with van der Waals surface area (Å²) in [4.78, 5) is -0.174. The van der Waals surface area contributed by atoms with Crippen LogP contribution in [-0.4, -0.2) is 23.8 Å². The number of aromatic hydroxyl groups is 1. The number of hydrogen-bond acceptors (Lipinski definition) is 5. The van der Waals surface area contributed by atoms with Crippen LogP contribution >= 0.6 is 0 Å². The maximum atomic E-state index is 10.9. The van der Waals surface area contributed by atoms with Crippen molar-refractivity contribution in [2.45, 2.75) is 11.8 Å². The van der Waals surface area contributed by atoms with E-state index in [0.29, 0.717) is 11.4 Å². The fourth-order valence-electron chi connectivity index (χ4n) is 1.62. The minimum Gasteiger partial charge on any atom is -0.508 e. The van der Waals surface area contributed by atoms with Crippen molar-refractivity contribution in [3.05, 3.63) is 54.1 Å². The summed E-state index contributed by atoms with van der Waals surface area (Å²) in [7, 11) is -4.19. The molecule has 0 saturated heterocycles. The van der Waals surface area contributed by atoms with Crippen LogP contribution in [0.2, 0.25) is 0 Å². The topological polar surface area (TPSA) is 99.0 Å². The minimum absolute atomic E-state index is 0. The zero-order valence-electron chi connectivity index (χ0n) is 12.2. The normalized spacial score (nSPS) is 11.6. The van der Waals surface area contributed by atoms with Gasteiger partial charge in [0.1, 0.15) is 5.75 Å². The van der Waals surface area contributed by atoms with Gasteiger partial charge in [-0.25, -0.2) is 0 Å². The van der Waals surface area contributed by atoms with E-state index in [-0.39, 0.29) is 40.2 Å². The van der Waals surface area contributed by atoms with Gasteiger partial charge in [-0.1, -0.05) is 0 Å². The fraction of sp³-hybridized carbons (Fsp3) is 0.0714. The van der Waals surface area contributed by atoms with Gasteiger partial charge in [0.25, 0.3) is 10.1 Å². The molecule has 0 heterocycles. The SMILES string of the molecule is C/C(=N\Nc1ccc(S(=O)(=O)O)cc1)c1ccc(O)cc1.[Na+]. The molecule has 0 aromatic heterocycles. The average molecular weight is 329 g/mol. The average Bonchev–Trinajstić information content (AvgIpc) is 2.45. The summed E-state index contributed by atoms with van der Waals surface area (Å²) in [6.07, 6.45) is 0. The van der Waals surface area contributed by atoms with Crippen LogP contribution in [0.1, 0.15) is 12.5 Å². The van der Waals surface area contributed by atoms with Gasteiger partial charge in [-0.15, -0.1) is 0 Å². The van der Waals surface area contributed by atoms with E-state index in [0.717, 1.165) is 5.56 Å². The molecule has 0 atom stereocenters. The molecular formula is C14H14N2NaO4S+. The smallest absolute Gasteiger partial charge is 0.508 e. The Hall–Kier alpha value is -1.38. The number of rotatable bonds is 4. The van der Waals surface area contributed by atoms with Crippen LogP contribution in [-0.2, 0) is 10.1 Å². The molecule has 22 heavy (non-hydrogen) atoms. The summed E-state index contributed by atoms with van der Waals surface area (Å²) in [5, 5.41) is 13.4. The summed E-state index contributed by atoms with van der Waals surface area (Å²) in [6, 6.07) is 12.2. The van der Waals surface area contributed by atoms with Crippen molar-refractivity contribution in [1.29, 1.82) is 0 Å². The Kier molecular flexibility index (Phi) is 6.58. The second-order valence-corrected chi connectivity index (χ2v) is 5.78. The summed E-state index contributed by atoms with van der Waals surface area (Å²) in [5.74, 6) is 0.181. The molecule has 0 spiro atoms. The summed E-state index contributed by atoms with van der Waals surface area (Å²) in [6.45, 7) is 1.80. The van der Waals surface area contributed by atoms with Gasteiger partial charge in [0.15, 0.2) is 0 Å². The molecule has 0 aliphatic rings. The standard InChI is InChI=1S/C14H14N2O4S.Na/c1-10(11-2-6-13(17)7-3-11)15-16-12-4-8-14(9-5-12)21(18,19)20;/h2-9,16-17H,1H3,(H,18,19,20);/q;+1/b15-10+;. The van der Waals surface area contributed by atoms with Crippen LogP contribution in [0, 0.1) is 0 Å². The van der Waals surface area contributed by atoms with E-state index in [9.17, 15) is 13.5 Å². The van der Waals surface area contributed by atoms with Crippen LogP contribution in [0.4, 0.5) is 5.69 Å². The van der Waals surface area contributed by atoms with E-state index >= 15 is 0 Å². The molecule has 0 radical (unpaired) electrons. The van der Waals surface area contributed by atoms with Crippen LogP contribution in [0.15, 0.2) is 58.5 Å². The van der Waals surface area contributed by atoms with E-state index < -0.39 is 10.1 Å². The Morgan fingerprint density at radius 3 is 2.09 bits per heavy atom. The van der Waals surface area contributed by atoms with Crippen molar-refractivity contribution in [2.75, 3.05) is 5.43 Å². The number of hydrogen-bond donors (Lipinski definition) is 3. The molecule has 2 aromatic carbocycles. The van der Waals surface area contributed by atoms with Crippen molar-refractivity contribution >= 4 is 21.5 Å². The van der Waals surface area contributed by atoms with E-state index in [2.05, 4.69) is 10.5 Å². The number of anilines is 1. The molecule has 0 aliphatic carbocycles. The van der Waals surface area contributed by atoms with Gasteiger partial charge in [0, 0.05) is 0 Å². The van der Waals surface area contributed by atoms with Gasteiger partial charge in [-0.3, -0.25) is 9.98 Å². The molecule has 2 aromatic rings. The zero-order chi connectivity index (χ0) is 15.5. The Bertz CT molecular complexity index is 756. The van der Waals surface area contributed by atoms with Crippen LogP contribution < -0.4 is 35.0 Å². The first-order valence-corrected chi connectivity index (χ1v) is 7.47. The van der Waals surface area contributed by atoms with Crippen LogP contribution in [0.3, 0.4) is 0 Å². The molecule has 0 fully saturated rings. The molecule has 0 bridgehead atoms. The molecule has 0 aliphatic heterocycles. The van der Waals surface area contributed by atoms with E-state index in [1.807, 2.05) is 0 Å². The van der Waals surface area contributed by atoms with E-state index in [1.165, 1.54) is 24.3 Å². The zero-order valence-corrected chi connectivity index (χ0v) is 15.0. The van der Waals surface area contributed by atoms with Crippen molar-refractivity contribution in [3.63, 3.8) is 0 Å². The van der Waals surface area contributed by atoms with Crippen molar-refractivity contribution in [1.82, 2.24) is 0 Å². The predicted octanol–water partition coefficient (Wildman–Crippen LogP) is -0.521. The van der Waals surface area contributed by atoms with Crippen molar-refractivity contribution in [3.8, 4) is 5.75 Å². The number of phenols is 1. The largest absolute Gasteiger partial charge is 1.00 e. The number of nitrogens with one attached hydrogen (secondary N) is 1. The molecule has 0 unspecified atom stereocenters. The number of benzene rings is 2. The van der Waals surface area contributed by atoms with Gasteiger partial charge in [0.2, 0.25) is 0 Å². The fourth-order valence-corrected chi connectivity index (χ4v) is 2.10. The van der Waals surface area contributed by atoms with Gasteiger partial charge in [0.05, 0.1) is 16.3 Å². The molecule has 6 nitrogen and oxygen atoms in total. The van der Waals surface area contributed by atoms with Gasteiger partial charge < -0.3 is 5.11 Å². The minimum atomic E-state index is -4.19. The summed E-state index contributed by atoms with van der Waals surface area (Å²) < 4.78 is 30.7. The van der Waals surface area contributed by atoms with E-state index in [4.69, 9.17) is 4.55 Å². The first-order chi connectivity index (χ1) is 9.86. The van der Waals surface area contributed by atoms with Gasteiger partial charge in [-0.05, 0) is 61.0 Å². The molecule has 2 rings (SSSR count).